The Kier molecular flexibility index (Phi) is 12.7. The smallest absolute Gasteiger partial charge is 0.319 e. The summed E-state index contributed by atoms with van der Waals surface area (Å²) >= 11 is 0. The van der Waals surface area contributed by atoms with E-state index >= 15 is 0 Å². The predicted octanol–water partition coefficient (Wildman–Crippen LogP) is 10.8. The number of hydrogen-bond donors (Lipinski definition) is 3. The summed E-state index contributed by atoms with van der Waals surface area (Å²) in [5.74, 6) is 1.94. The SMILES string of the molecule is CCN1c2cc(C)c(/N=C3/C(C(C)(C)C)=Nn4nc(C(C)CNc5nc(O)nc(C(=N)C(C)c6nc7n(n6)N=C(C(C)(C)C)/C7=N/c6cc7c(cc6C)N(CC)C(C)(C)CC7C)n5)nc43)cc2C(C)CC1(C)C. The van der Waals surface area contributed by atoms with E-state index in [1.54, 1.807) is 4.79 Å². The average molecular weight is 990 g/mol. The van der Waals surface area contributed by atoms with Crippen molar-refractivity contribution >= 4 is 57.3 Å². The average Bonchev–Trinajstić information content (AvgIpc) is 4.06. The van der Waals surface area contributed by atoms with E-state index in [0.29, 0.717) is 53.1 Å². The number of nitrogens with zero attached hydrogens (tertiary/aromatic N) is 15. The second kappa shape index (κ2) is 18.0. The quantitative estimate of drug-likeness (QED) is 0.106. The zero-order valence-corrected chi connectivity index (χ0v) is 46.3. The lowest BCUT2D eigenvalue weighted by atomic mass is 9.79. The lowest BCUT2D eigenvalue weighted by molar-refractivity contribution is 0.381. The van der Waals surface area contributed by atoms with Crippen LogP contribution >= 0.6 is 0 Å². The summed E-state index contributed by atoms with van der Waals surface area (Å²) in [6.07, 6.45) is 2.10. The molecule has 4 aliphatic heterocycles. The van der Waals surface area contributed by atoms with Crippen LogP contribution in [0.1, 0.15) is 199 Å². The van der Waals surface area contributed by atoms with Gasteiger partial charge in [0.15, 0.2) is 17.5 Å². The van der Waals surface area contributed by atoms with Crippen LogP contribution < -0.4 is 15.1 Å². The van der Waals surface area contributed by atoms with Gasteiger partial charge in [0.25, 0.3) is 0 Å². The van der Waals surface area contributed by atoms with Gasteiger partial charge in [0.2, 0.25) is 17.6 Å². The molecule has 18 heteroatoms. The third-order valence-electron chi connectivity index (χ3n) is 15.1. The number of aromatic hydroxyl groups is 1. The van der Waals surface area contributed by atoms with Crippen molar-refractivity contribution in [1.29, 1.82) is 5.41 Å². The Morgan fingerprint density at radius 1 is 0.712 bits per heavy atom. The topological polar surface area (TPSA) is 212 Å². The van der Waals surface area contributed by atoms with Gasteiger partial charge in [0.1, 0.15) is 11.4 Å². The molecular formula is C55H75N17O. The van der Waals surface area contributed by atoms with E-state index in [1.165, 1.54) is 27.3 Å². The fourth-order valence-electron chi connectivity index (χ4n) is 11.3. The molecule has 2 aromatic carbocycles. The highest BCUT2D eigenvalue weighted by Gasteiger charge is 2.41. The van der Waals surface area contributed by atoms with E-state index in [-0.39, 0.29) is 45.3 Å². The van der Waals surface area contributed by atoms with Crippen LogP contribution in [0.25, 0.3) is 0 Å². The van der Waals surface area contributed by atoms with Crippen molar-refractivity contribution in [2.75, 3.05) is 34.8 Å². The van der Waals surface area contributed by atoms with E-state index in [0.717, 1.165) is 59.9 Å². The molecule has 0 radical (unpaired) electrons. The molecule has 18 nitrogen and oxygen atoms in total. The van der Waals surface area contributed by atoms with Crippen molar-refractivity contribution in [3.05, 3.63) is 75.6 Å². The molecule has 9 rings (SSSR count). The van der Waals surface area contributed by atoms with Gasteiger partial charge in [-0.25, -0.2) is 20.0 Å². The number of aryl methyl sites for hydroxylation is 2. The fraction of sp³-hybridized carbons (Fsp3) is 0.564. The van der Waals surface area contributed by atoms with Crippen LogP contribution in [0.2, 0.25) is 0 Å². The van der Waals surface area contributed by atoms with Crippen molar-refractivity contribution in [3.63, 3.8) is 0 Å². The minimum Gasteiger partial charge on any atom is -0.479 e. The molecule has 3 N–H and O–H groups in total. The maximum atomic E-state index is 10.8. The molecule has 0 spiro atoms. The third-order valence-corrected chi connectivity index (χ3v) is 15.1. The highest BCUT2D eigenvalue weighted by atomic mass is 16.3. The highest BCUT2D eigenvalue weighted by molar-refractivity contribution is 6.51. The lowest BCUT2D eigenvalue weighted by Gasteiger charge is -2.47. The molecule has 0 saturated heterocycles. The first-order valence-corrected chi connectivity index (χ1v) is 26.0. The molecule has 3 aromatic heterocycles. The standard InChI is InChI=1S/C55H75N17O/c1-19-69-38-21-28(3)36(23-34(38)30(5)25-54(69,15)16)58-41-43(52(9,10)11)65-71-48(41)60-45(67-71)32(7)27-57-50-62-47(63-51(73)64-50)40(56)33(8)46-61-49-42(44(53(12,13)14)66-72(49)68-46)59-37-24-35-31(6)26-55(17,18)70(20-2)39(35)22-29(37)4/h21-24,30-33,56H,19-20,25-27H2,1-18H3,(H2,57,62,63,64,73)/b56-40?,58-41-,59-42-. The van der Waals surface area contributed by atoms with E-state index in [9.17, 15) is 10.5 Å². The molecule has 4 unspecified atom stereocenters. The molecule has 0 saturated carbocycles. The Balaban J connectivity index is 0.942. The Morgan fingerprint density at radius 2 is 1.16 bits per heavy atom. The molecular weight excluding hydrogens is 915 g/mol. The Bertz CT molecular complexity index is 3170. The van der Waals surface area contributed by atoms with Crippen molar-refractivity contribution in [2.45, 2.75) is 172 Å². The Morgan fingerprint density at radius 3 is 1.62 bits per heavy atom. The van der Waals surface area contributed by atoms with Crippen molar-refractivity contribution in [2.24, 2.45) is 31.0 Å². The predicted molar refractivity (Wildman–Crippen MR) is 293 cm³/mol. The summed E-state index contributed by atoms with van der Waals surface area (Å²) in [6.45, 7) is 41.3. The second-order valence-electron chi connectivity index (χ2n) is 24.1. The van der Waals surface area contributed by atoms with Gasteiger partial charge in [-0.15, -0.1) is 19.8 Å². The summed E-state index contributed by atoms with van der Waals surface area (Å²) in [5, 5.41) is 42.7. The van der Waals surface area contributed by atoms with E-state index in [2.05, 4.69) is 165 Å². The Labute approximate surface area is 430 Å². The maximum absolute atomic E-state index is 10.8. The fourth-order valence-corrected chi connectivity index (χ4v) is 11.3. The molecule has 0 aliphatic carbocycles. The number of aromatic nitrogens is 9. The van der Waals surface area contributed by atoms with Gasteiger partial charge >= 0.3 is 6.01 Å². The van der Waals surface area contributed by atoms with Gasteiger partial charge in [0.05, 0.1) is 34.4 Å². The van der Waals surface area contributed by atoms with Crippen molar-refractivity contribution in [1.82, 2.24) is 44.7 Å². The maximum Gasteiger partial charge on any atom is 0.319 e. The molecule has 0 amide bonds. The van der Waals surface area contributed by atoms with Gasteiger partial charge in [-0.05, 0) is 134 Å². The summed E-state index contributed by atoms with van der Waals surface area (Å²) in [4.78, 5) is 41.6. The van der Waals surface area contributed by atoms with Crippen LogP contribution in [0.3, 0.4) is 0 Å². The highest BCUT2D eigenvalue weighted by Crippen LogP contribution is 2.47. The summed E-state index contributed by atoms with van der Waals surface area (Å²) in [7, 11) is 0. The lowest BCUT2D eigenvalue weighted by Crippen LogP contribution is -2.48. The second-order valence-corrected chi connectivity index (χ2v) is 24.1. The third kappa shape index (κ3) is 9.23. The number of hydrogen-bond acceptors (Lipinski definition) is 16. The minimum atomic E-state index is -0.672. The number of anilines is 3. The number of aliphatic imine (C=N–C) groups is 2. The first-order chi connectivity index (χ1) is 34.1. The first-order valence-electron chi connectivity index (χ1n) is 26.0. The van der Waals surface area contributed by atoms with Crippen LogP contribution in [0, 0.1) is 30.1 Å². The van der Waals surface area contributed by atoms with Crippen LogP contribution in [-0.4, -0.2) is 109 Å². The zero-order chi connectivity index (χ0) is 53.0. The van der Waals surface area contributed by atoms with Gasteiger partial charge in [-0.1, -0.05) is 62.3 Å². The van der Waals surface area contributed by atoms with Crippen LogP contribution in [-0.2, 0) is 0 Å². The molecule has 4 atom stereocenters. The van der Waals surface area contributed by atoms with Gasteiger partial charge in [0, 0.05) is 58.8 Å². The monoisotopic (exact) mass is 990 g/mol. The van der Waals surface area contributed by atoms with Crippen LogP contribution in [0.5, 0.6) is 6.01 Å². The molecule has 386 valence electrons. The zero-order valence-electron chi connectivity index (χ0n) is 46.3. The minimum absolute atomic E-state index is 0.00109. The van der Waals surface area contributed by atoms with E-state index in [1.807, 2.05) is 13.8 Å². The molecule has 7 heterocycles. The summed E-state index contributed by atoms with van der Waals surface area (Å²) < 4.78 is 0. The largest absolute Gasteiger partial charge is 0.479 e. The van der Waals surface area contributed by atoms with Gasteiger partial charge in [-0.3, -0.25) is 0 Å². The first kappa shape index (κ1) is 51.2. The number of nitrogens with one attached hydrogen (secondary N) is 2. The van der Waals surface area contributed by atoms with Crippen molar-refractivity contribution in [3.8, 4) is 6.01 Å². The normalized spacial score (nSPS) is 20.9. The van der Waals surface area contributed by atoms with Gasteiger partial charge in [-0.2, -0.15) is 25.2 Å². The van der Waals surface area contributed by atoms with Crippen LogP contribution in [0.4, 0.5) is 28.7 Å². The Hall–Kier alpha value is -6.72. The molecule has 4 aliphatic rings. The van der Waals surface area contributed by atoms with Crippen LogP contribution in [0.15, 0.2) is 44.5 Å². The molecule has 73 heavy (non-hydrogen) atoms. The molecule has 0 bridgehead atoms. The number of benzene rings is 2. The van der Waals surface area contributed by atoms with Gasteiger partial charge < -0.3 is 25.6 Å². The number of rotatable bonds is 11. The van der Waals surface area contributed by atoms with E-state index < -0.39 is 11.9 Å². The van der Waals surface area contributed by atoms with E-state index in [4.69, 9.17) is 40.4 Å². The molecule has 0 fully saturated rings. The summed E-state index contributed by atoms with van der Waals surface area (Å²) in [6, 6.07) is 8.53. The summed E-state index contributed by atoms with van der Waals surface area (Å²) in [5.41, 5.74) is 11.5. The number of fused-ring (bicyclic) bond motifs is 4. The molecule has 5 aromatic rings. The van der Waals surface area contributed by atoms with Crippen molar-refractivity contribution < 1.29 is 5.11 Å².